The van der Waals surface area contributed by atoms with Crippen LogP contribution in [0.4, 0.5) is 0 Å². The van der Waals surface area contributed by atoms with Crippen molar-refractivity contribution in [3.8, 4) is 0 Å². The molecule has 0 fully saturated rings. The van der Waals surface area contributed by atoms with E-state index in [1.807, 2.05) is 49.4 Å². The zero-order chi connectivity index (χ0) is 13.5. The van der Waals surface area contributed by atoms with Crippen molar-refractivity contribution < 1.29 is 4.84 Å². The number of halogens is 1. The molecule has 0 bridgehead atoms. The monoisotopic (exact) mass is 317 g/mol. The molecule has 0 aliphatic rings. The molecule has 2 rings (SSSR count). The SMILES string of the molecule is CCO/N=C(/Cc1ccccc1)c1ccccc1Br. The predicted octanol–water partition coefficient (Wildman–Crippen LogP) is 4.43. The molecule has 0 saturated heterocycles. The fourth-order valence-corrected chi connectivity index (χ4v) is 2.32. The van der Waals surface area contributed by atoms with Crippen molar-refractivity contribution in [2.24, 2.45) is 5.16 Å². The van der Waals surface area contributed by atoms with Crippen molar-refractivity contribution in [2.45, 2.75) is 13.3 Å². The fourth-order valence-electron chi connectivity index (χ4n) is 1.80. The highest BCUT2D eigenvalue weighted by atomic mass is 79.9. The minimum absolute atomic E-state index is 0.572. The summed E-state index contributed by atoms with van der Waals surface area (Å²) < 4.78 is 1.03. The Labute approximate surface area is 122 Å². The molecular weight excluding hydrogens is 302 g/mol. The van der Waals surface area contributed by atoms with Crippen LogP contribution in [-0.2, 0) is 11.3 Å². The van der Waals surface area contributed by atoms with E-state index in [-0.39, 0.29) is 0 Å². The molecule has 0 aliphatic heterocycles. The summed E-state index contributed by atoms with van der Waals surface area (Å²) in [5.74, 6) is 0. The zero-order valence-electron chi connectivity index (χ0n) is 10.8. The summed E-state index contributed by atoms with van der Waals surface area (Å²) in [6.07, 6.45) is 0.753. The summed E-state index contributed by atoms with van der Waals surface area (Å²) >= 11 is 3.57. The first-order chi connectivity index (χ1) is 9.31. The van der Waals surface area contributed by atoms with E-state index in [0.717, 1.165) is 22.2 Å². The second kappa shape index (κ2) is 7.10. The molecule has 0 saturated carbocycles. The van der Waals surface area contributed by atoms with Crippen molar-refractivity contribution in [3.63, 3.8) is 0 Å². The Kier molecular flexibility index (Phi) is 5.16. The molecule has 0 aliphatic carbocycles. The van der Waals surface area contributed by atoms with E-state index in [0.29, 0.717) is 6.61 Å². The van der Waals surface area contributed by atoms with Gasteiger partial charge in [0.15, 0.2) is 0 Å². The van der Waals surface area contributed by atoms with Crippen molar-refractivity contribution in [1.82, 2.24) is 0 Å². The van der Waals surface area contributed by atoms with E-state index in [1.54, 1.807) is 0 Å². The molecule has 0 radical (unpaired) electrons. The Hall–Kier alpha value is -1.61. The summed E-state index contributed by atoms with van der Waals surface area (Å²) in [5.41, 5.74) is 3.22. The highest BCUT2D eigenvalue weighted by Gasteiger charge is 2.09. The summed E-state index contributed by atoms with van der Waals surface area (Å²) in [7, 11) is 0. The van der Waals surface area contributed by atoms with Gasteiger partial charge in [0.05, 0.1) is 5.71 Å². The molecule has 0 N–H and O–H groups in total. The van der Waals surface area contributed by atoms with Gasteiger partial charge < -0.3 is 4.84 Å². The van der Waals surface area contributed by atoms with Crippen LogP contribution >= 0.6 is 15.9 Å². The maximum atomic E-state index is 5.24. The summed E-state index contributed by atoms with van der Waals surface area (Å²) in [6.45, 7) is 2.51. The molecule has 19 heavy (non-hydrogen) atoms. The van der Waals surface area contributed by atoms with E-state index in [4.69, 9.17) is 4.84 Å². The highest BCUT2D eigenvalue weighted by Crippen LogP contribution is 2.19. The number of hydrogen-bond donors (Lipinski definition) is 0. The van der Waals surface area contributed by atoms with Crippen molar-refractivity contribution >= 4 is 21.6 Å². The number of hydrogen-bond acceptors (Lipinski definition) is 2. The third kappa shape index (κ3) is 3.93. The quantitative estimate of drug-likeness (QED) is 0.590. The van der Waals surface area contributed by atoms with Gasteiger partial charge in [-0.3, -0.25) is 0 Å². The molecule has 2 aromatic carbocycles. The Balaban J connectivity index is 2.30. The van der Waals surface area contributed by atoms with Gasteiger partial charge in [-0.05, 0) is 18.6 Å². The number of benzene rings is 2. The van der Waals surface area contributed by atoms with Crippen molar-refractivity contribution in [2.75, 3.05) is 6.61 Å². The first-order valence-electron chi connectivity index (χ1n) is 6.29. The van der Waals surface area contributed by atoms with E-state index in [9.17, 15) is 0 Å². The lowest BCUT2D eigenvalue weighted by molar-refractivity contribution is 0.158. The minimum atomic E-state index is 0.572. The first kappa shape index (κ1) is 13.8. The van der Waals surface area contributed by atoms with E-state index < -0.39 is 0 Å². The van der Waals surface area contributed by atoms with Gasteiger partial charge in [0.1, 0.15) is 6.61 Å². The molecule has 98 valence electrons. The van der Waals surface area contributed by atoms with Gasteiger partial charge in [-0.1, -0.05) is 69.6 Å². The van der Waals surface area contributed by atoms with Crippen LogP contribution in [0.2, 0.25) is 0 Å². The molecule has 0 aromatic heterocycles. The van der Waals surface area contributed by atoms with Crippen LogP contribution < -0.4 is 0 Å². The largest absolute Gasteiger partial charge is 0.396 e. The predicted molar refractivity (Wildman–Crippen MR) is 82.5 cm³/mol. The maximum absolute atomic E-state index is 5.24. The van der Waals surface area contributed by atoms with Crippen molar-refractivity contribution in [3.05, 3.63) is 70.2 Å². The normalized spacial score (nSPS) is 11.4. The first-order valence-corrected chi connectivity index (χ1v) is 7.08. The van der Waals surface area contributed by atoms with E-state index in [1.165, 1.54) is 5.56 Å². The topological polar surface area (TPSA) is 21.6 Å². The average Bonchev–Trinajstić information content (AvgIpc) is 2.45. The second-order valence-corrected chi connectivity index (χ2v) is 4.95. The van der Waals surface area contributed by atoms with Crippen LogP contribution in [-0.4, -0.2) is 12.3 Å². The van der Waals surface area contributed by atoms with Gasteiger partial charge in [-0.15, -0.1) is 0 Å². The lowest BCUT2D eigenvalue weighted by Gasteiger charge is -2.08. The Morgan fingerprint density at radius 1 is 1.05 bits per heavy atom. The van der Waals surface area contributed by atoms with Gasteiger partial charge in [0.2, 0.25) is 0 Å². The van der Waals surface area contributed by atoms with Crippen LogP contribution in [0.5, 0.6) is 0 Å². The second-order valence-electron chi connectivity index (χ2n) is 4.10. The summed E-state index contributed by atoms with van der Waals surface area (Å²) in [5, 5.41) is 4.26. The molecule has 2 nitrogen and oxygen atoms in total. The molecule has 0 amide bonds. The average molecular weight is 318 g/mol. The van der Waals surface area contributed by atoms with Gasteiger partial charge >= 0.3 is 0 Å². The van der Waals surface area contributed by atoms with Crippen LogP contribution in [0.1, 0.15) is 18.1 Å². The van der Waals surface area contributed by atoms with Crippen LogP contribution in [0.3, 0.4) is 0 Å². The minimum Gasteiger partial charge on any atom is -0.396 e. The van der Waals surface area contributed by atoms with Gasteiger partial charge in [-0.2, -0.15) is 0 Å². The molecule has 0 heterocycles. The lowest BCUT2D eigenvalue weighted by atomic mass is 10.0. The summed E-state index contributed by atoms with van der Waals surface area (Å²) in [4.78, 5) is 5.24. The van der Waals surface area contributed by atoms with Crippen LogP contribution in [0.25, 0.3) is 0 Å². The van der Waals surface area contributed by atoms with E-state index >= 15 is 0 Å². The smallest absolute Gasteiger partial charge is 0.114 e. The Morgan fingerprint density at radius 3 is 2.42 bits per heavy atom. The maximum Gasteiger partial charge on any atom is 0.114 e. The number of oxime groups is 1. The van der Waals surface area contributed by atoms with E-state index in [2.05, 4.69) is 33.2 Å². The van der Waals surface area contributed by atoms with Crippen molar-refractivity contribution in [1.29, 1.82) is 0 Å². The van der Waals surface area contributed by atoms with Crippen LogP contribution in [0, 0.1) is 0 Å². The summed E-state index contributed by atoms with van der Waals surface area (Å²) in [6, 6.07) is 18.3. The molecule has 2 aromatic rings. The molecule has 0 spiro atoms. The van der Waals surface area contributed by atoms with Gasteiger partial charge in [-0.25, -0.2) is 0 Å². The Morgan fingerprint density at radius 2 is 1.74 bits per heavy atom. The standard InChI is InChI=1S/C16H16BrNO/c1-2-19-18-16(12-13-8-4-3-5-9-13)14-10-6-7-11-15(14)17/h3-11H,2,12H2,1H3/b18-16-. The number of rotatable bonds is 5. The molecule has 0 atom stereocenters. The fraction of sp³-hybridized carbons (Fsp3) is 0.188. The molecular formula is C16H16BrNO. The highest BCUT2D eigenvalue weighted by molar-refractivity contribution is 9.10. The Bertz CT molecular complexity index is 552. The number of nitrogens with zero attached hydrogens (tertiary/aromatic N) is 1. The third-order valence-corrected chi connectivity index (χ3v) is 3.39. The van der Waals surface area contributed by atoms with Crippen LogP contribution in [0.15, 0.2) is 64.2 Å². The van der Waals surface area contributed by atoms with Gasteiger partial charge in [0, 0.05) is 16.5 Å². The lowest BCUT2D eigenvalue weighted by Crippen LogP contribution is -2.07. The molecule has 3 heteroatoms. The van der Waals surface area contributed by atoms with Gasteiger partial charge in [0.25, 0.3) is 0 Å². The molecule has 0 unspecified atom stereocenters. The third-order valence-electron chi connectivity index (χ3n) is 2.70. The zero-order valence-corrected chi connectivity index (χ0v) is 12.4.